The third-order valence-electron chi connectivity index (χ3n) is 5.10. The Kier molecular flexibility index (Phi) is 4.31. The summed E-state index contributed by atoms with van der Waals surface area (Å²) in [5.41, 5.74) is 2.33. The third kappa shape index (κ3) is 3.77. The molecule has 1 N–H and O–H groups in total. The minimum atomic E-state index is -0.0275. The standard InChI is InChI=1S/C24H24N2O/c1-24(2,3)21-14-22(25-15-21)26-23(27)11-16-8-9-19-12-17-6-4-5-7-18(17)13-20(19)10-16/h4-10,12-14H,11,15H2,1-3H3,(H,25,26,27). The van der Waals surface area contributed by atoms with Crippen LogP contribution in [-0.4, -0.2) is 18.3 Å². The maximum absolute atomic E-state index is 12.5. The summed E-state index contributed by atoms with van der Waals surface area (Å²) in [5, 5.41) is 7.74. The first-order chi connectivity index (χ1) is 12.9. The smallest absolute Gasteiger partial charge is 0.229 e. The van der Waals surface area contributed by atoms with Crippen LogP contribution in [-0.2, 0) is 11.2 Å². The van der Waals surface area contributed by atoms with Crippen LogP contribution in [0.5, 0.6) is 0 Å². The highest BCUT2D eigenvalue weighted by molar-refractivity contribution is 6.06. The number of nitrogens with zero attached hydrogens (tertiary/aromatic N) is 1. The lowest BCUT2D eigenvalue weighted by Crippen LogP contribution is -2.29. The summed E-state index contributed by atoms with van der Waals surface area (Å²) >= 11 is 0. The van der Waals surface area contributed by atoms with Gasteiger partial charge in [-0.1, -0.05) is 63.2 Å². The Labute approximate surface area is 159 Å². The molecule has 4 rings (SSSR count). The molecule has 0 fully saturated rings. The molecule has 3 aromatic carbocycles. The van der Waals surface area contributed by atoms with Gasteiger partial charge in [-0.25, -0.2) is 0 Å². The highest BCUT2D eigenvalue weighted by Crippen LogP contribution is 2.27. The minimum absolute atomic E-state index is 0.0275. The molecule has 0 saturated heterocycles. The van der Waals surface area contributed by atoms with Gasteiger partial charge in [-0.3, -0.25) is 9.79 Å². The predicted molar refractivity (Wildman–Crippen MR) is 113 cm³/mol. The first kappa shape index (κ1) is 17.5. The monoisotopic (exact) mass is 356 g/mol. The zero-order chi connectivity index (χ0) is 19.0. The average Bonchev–Trinajstić information content (AvgIpc) is 3.08. The Hall–Kier alpha value is -2.94. The van der Waals surface area contributed by atoms with Crippen molar-refractivity contribution in [2.45, 2.75) is 27.2 Å². The zero-order valence-corrected chi connectivity index (χ0v) is 16.0. The van der Waals surface area contributed by atoms with E-state index >= 15 is 0 Å². The summed E-state index contributed by atoms with van der Waals surface area (Å²) in [5.74, 6) is 0.650. The molecule has 1 aliphatic heterocycles. The molecule has 0 aliphatic carbocycles. The van der Waals surface area contributed by atoms with E-state index in [0.29, 0.717) is 18.8 Å². The van der Waals surface area contributed by atoms with E-state index in [9.17, 15) is 4.79 Å². The molecule has 3 nitrogen and oxygen atoms in total. The van der Waals surface area contributed by atoms with Crippen molar-refractivity contribution >= 4 is 33.3 Å². The molecule has 0 spiro atoms. The normalized spacial score (nSPS) is 14.3. The lowest BCUT2D eigenvalue weighted by molar-refractivity contribution is -0.119. The van der Waals surface area contributed by atoms with Gasteiger partial charge in [-0.15, -0.1) is 0 Å². The van der Waals surface area contributed by atoms with Crippen molar-refractivity contribution in [2.24, 2.45) is 10.4 Å². The topological polar surface area (TPSA) is 41.5 Å². The predicted octanol–water partition coefficient (Wildman–Crippen LogP) is 5.04. The van der Waals surface area contributed by atoms with Gasteiger partial charge < -0.3 is 5.32 Å². The van der Waals surface area contributed by atoms with E-state index in [1.54, 1.807) is 0 Å². The lowest BCUT2D eigenvalue weighted by Gasteiger charge is -2.18. The van der Waals surface area contributed by atoms with Crippen LogP contribution in [0.25, 0.3) is 21.5 Å². The van der Waals surface area contributed by atoms with E-state index < -0.39 is 0 Å². The fourth-order valence-electron chi connectivity index (χ4n) is 3.43. The fraction of sp³-hybridized carbons (Fsp3) is 0.250. The van der Waals surface area contributed by atoms with E-state index in [2.05, 4.69) is 73.5 Å². The molecule has 3 aromatic rings. The van der Waals surface area contributed by atoms with Gasteiger partial charge in [0.25, 0.3) is 0 Å². The van der Waals surface area contributed by atoms with E-state index in [-0.39, 0.29) is 11.3 Å². The maximum Gasteiger partial charge on any atom is 0.229 e. The van der Waals surface area contributed by atoms with Crippen LogP contribution in [0.1, 0.15) is 26.3 Å². The third-order valence-corrected chi connectivity index (χ3v) is 5.10. The number of fused-ring (bicyclic) bond motifs is 2. The first-order valence-corrected chi connectivity index (χ1v) is 9.35. The number of amidine groups is 1. The van der Waals surface area contributed by atoms with Gasteiger partial charge in [0.1, 0.15) is 5.84 Å². The van der Waals surface area contributed by atoms with Crippen molar-refractivity contribution in [2.75, 3.05) is 6.54 Å². The maximum atomic E-state index is 12.5. The lowest BCUT2D eigenvalue weighted by atomic mass is 9.87. The largest absolute Gasteiger partial charge is 0.311 e. The number of carbonyl (C=O) groups excluding carboxylic acids is 1. The summed E-state index contributed by atoms with van der Waals surface area (Å²) in [6.45, 7) is 7.16. The van der Waals surface area contributed by atoms with E-state index in [1.807, 2.05) is 18.2 Å². The van der Waals surface area contributed by atoms with Crippen LogP contribution in [0.2, 0.25) is 0 Å². The van der Waals surface area contributed by atoms with Gasteiger partial charge in [0.2, 0.25) is 5.91 Å². The molecule has 0 unspecified atom stereocenters. The summed E-state index contributed by atoms with van der Waals surface area (Å²) in [4.78, 5) is 16.9. The van der Waals surface area contributed by atoms with Crippen LogP contribution in [0.3, 0.4) is 0 Å². The van der Waals surface area contributed by atoms with E-state index in [4.69, 9.17) is 0 Å². The molecule has 0 radical (unpaired) electrons. The van der Waals surface area contributed by atoms with Gasteiger partial charge >= 0.3 is 0 Å². The molecule has 1 aliphatic rings. The first-order valence-electron chi connectivity index (χ1n) is 9.35. The SMILES string of the molecule is CC(C)(C)C1=CC(NC(=O)Cc2ccc3cc4ccccc4cc3c2)=NC1. The molecular formula is C24H24N2O. The Morgan fingerprint density at radius 2 is 1.63 bits per heavy atom. The van der Waals surface area contributed by atoms with Gasteiger partial charge in [0.15, 0.2) is 0 Å². The van der Waals surface area contributed by atoms with Crippen molar-refractivity contribution in [1.82, 2.24) is 5.32 Å². The summed E-state index contributed by atoms with van der Waals surface area (Å²) in [7, 11) is 0. The van der Waals surface area contributed by atoms with Crippen molar-refractivity contribution in [1.29, 1.82) is 0 Å². The Morgan fingerprint density at radius 3 is 2.30 bits per heavy atom. The number of nitrogens with one attached hydrogen (secondary N) is 1. The van der Waals surface area contributed by atoms with E-state index in [0.717, 1.165) is 10.9 Å². The average molecular weight is 356 g/mol. The molecule has 3 heteroatoms. The second-order valence-corrected chi connectivity index (χ2v) is 8.23. The number of benzene rings is 3. The van der Waals surface area contributed by atoms with Crippen molar-refractivity contribution < 1.29 is 4.79 Å². The number of carbonyl (C=O) groups is 1. The molecular weight excluding hydrogens is 332 g/mol. The summed E-state index contributed by atoms with van der Waals surface area (Å²) in [6, 6.07) is 19.0. The Balaban J connectivity index is 1.51. The molecule has 0 saturated carbocycles. The molecule has 136 valence electrons. The number of rotatable bonds is 2. The van der Waals surface area contributed by atoms with Crippen molar-refractivity contribution in [3.8, 4) is 0 Å². The molecule has 0 bridgehead atoms. The summed E-state index contributed by atoms with van der Waals surface area (Å²) in [6.07, 6.45) is 2.35. The second kappa shape index (κ2) is 6.66. The molecule has 1 amide bonds. The summed E-state index contributed by atoms with van der Waals surface area (Å²) < 4.78 is 0. The Morgan fingerprint density at radius 1 is 0.963 bits per heavy atom. The van der Waals surface area contributed by atoms with Gasteiger partial charge in [-0.05, 0) is 56.3 Å². The molecule has 0 aromatic heterocycles. The van der Waals surface area contributed by atoms with Crippen molar-refractivity contribution in [3.05, 3.63) is 71.8 Å². The fourth-order valence-corrected chi connectivity index (χ4v) is 3.43. The minimum Gasteiger partial charge on any atom is -0.311 e. The number of aliphatic imine (C=N–C) groups is 1. The van der Waals surface area contributed by atoms with Crippen molar-refractivity contribution in [3.63, 3.8) is 0 Å². The number of amides is 1. The highest BCUT2D eigenvalue weighted by atomic mass is 16.1. The number of hydrogen-bond acceptors (Lipinski definition) is 2. The molecule has 0 atom stereocenters. The van der Waals surface area contributed by atoms with Crippen LogP contribution in [0.4, 0.5) is 0 Å². The second-order valence-electron chi connectivity index (χ2n) is 8.23. The number of hydrogen-bond donors (Lipinski definition) is 1. The molecule has 1 heterocycles. The Bertz CT molecular complexity index is 1100. The van der Waals surface area contributed by atoms with Crippen LogP contribution < -0.4 is 5.32 Å². The van der Waals surface area contributed by atoms with Crippen LogP contribution in [0.15, 0.2) is 71.2 Å². The zero-order valence-electron chi connectivity index (χ0n) is 16.0. The quantitative estimate of drug-likeness (QED) is 0.642. The molecule has 27 heavy (non-hydrogen) atoms. The van der Waals surface area contributed by atoms with Gasteiger partial charge in [0, 0.05) is 0 Å². The van der Waals surface area contributed by atoms with E-state index in [1.165, 1.54) is 21.7 Å². The van der Waals surface area contributed by atoms with Gasteiger partial charge in [0.05, 0.1) is 13.0 Å². The highest BCUT2D eigenvalue weighted by Gasteiger charge is 2.21. The van der Waals surface area contributed by atoms with Crippen LogP contribution in [0, 0.1) is 5.41 Å². The van der Waals surface area contributed by atoms with Gasteiger partial charge in [-0.2, -0.15) is 0 Å². The van der Waals surface area contributed by atoms with Crippen LogP contribution >= 0.6 is 0 Å².